The van der Waals surface area contributed by atoms with E-state index in [1.54, 1.807) is 12.3 Å². The number of ether oxygens (including phenoxy) is 1. The summed E-state index contributed by atoms with van der Waals surface area (Å²) in [4.78, 5) is 12.3. The maximum Gasteiger partial charge on any atom is 0.274 e. The Balaban J connectivity index is 1.56. The fourth-order valence-corrected chi connectivity index (χ4v) is 2.69. The van der Waals surface area contributed by atoms with E-state index in [2.05, 4.69) is 15.7 Å². The van der Waals surface area contributed by atoms with Crippen LogP contribution < -0.4 is 16.2 Å². The molecule has 1 atom stereocenters. The van der Waals surface area contributed by atoms with Crippen molar-refractivity contribution in [3.8, 4) is 0 Å². The van der Waals surface area contributed by atoms with Crippen molar-refractivity contribution in [1.29, 1.82) is 0 Å². The second-order valence-corrected chi connectivity index (χ2v) is 5.89. The third-order valence-electron chi connectivity index (χ3n) is 3.96. The average molecular weight is 318 g/mol. The molecule has 0 amide bonds. The number of nitrogens with one attached hydrogen (secondary N) is 2. The highest BCUT2D eigenvalue weighted by Gasteiger charge is 2.28. The van der Waals surface area contributed by atoms with E-state index in [9.17, 15) is 9.90 Å². The van der Waals surface area contributed by atoms with Gasteiger partial charge in [-0.25, -0.2) is 4.68 Å². The Kier molecular flexibility index (Phi) is 5.02. The topological polar surface area (TPSA) is 88.4 Å². The molecule has 3 N–H and O–H groups in total. The molecule has 1 fully saturated rings. The number of aliphatic hydroxyl groups is 1. The van der Waals surface area contributed by atoms with Crippen LogP contribution in [-0.2, 0) is 11.3 Å². The lowest BCUT2D eigenvalue weighted by atomic mass is 10.1. The molecule has 1 aliphatic rings. The molecule has 124 valence electrons. The summed E-state index contributed by atoms with van der Waals surface area (Å²) in [7, 11) is 0. The van der Waals surface area contributed by atoms with Crippen molar-refractivity contribution < 1.29 is 9.84 Å². The Labute approximate surface area is 134 Å². The van der Waals surface area contributed by atoms with E-state index >= 15 is 0 Å². The largest absolute Gasteiger partial charge is 0.385 e. The van der Waals surface area contributed by atoms with Gasteiger partial charge in [-0.15, -0.1) is 0 Å². The summed E-state index contributed by atoms with van der Waals surface area (Å²) in [6.07, 6.45) is 1.70. The summed E-state index contributed by atoms with van der Waals surface area (Å²) in [5, 5.41) is 22.4. The zero-order valence-electron chi connectivity index (χ0n) is 13.0. The molecule has 1 saturated heterocycles. The number of hydrogen-bond acceptors (Lipinski definition) is 6. The van der Waals surface area contributed by atoms with E-state index in [4.69, 9.17) is 4.74 Å². The maximum absolute atomic E-state index is 12.3. The van der Waals surface area contributed by atoms with Gasteiger partial charge in [-0.3, -0.25) is 4.79 Å². The molecule has 23 heavy (non-hydrogen) atoms. The summed E-state index contributed by atoms with van der Waals surface area (Å²) in [5.41, 5.74) is -1.01. The SMILES string of the molecule is O=c1c2ccccc2cnn1CCNC[C@]1(O)CNCCOC1. The van der Waals surface area contributed by atoms with E-state index in [0.717, 1.165) is 11.9 Å². The second-order valence-electron chi connectivity index (χ2n) is 5.89. The predicted octanol–water partition coefficient (Wildman–Crippen LogP) is -0.663. The molecule has 7 heteroatoms. The van der Waals surface area contributed by atoms with Crippen LogP contribution >= 0.6 is 0 Å². The van der Waals surface area contributed by atoms with E-state index in [-0.39, 0.29) is 5.56 Å². The van der Waals surface area contributed by atoms with Crippen LogP contribution in [-0.4, -0.2) is 59.9 Å². The number of rotatable bonds is 5. The highest BCUT2D eigenvalue weighted by Crippen LogP contribution is 2.07. The lowest BCUT2D eigenvalue weighted by Gasteiger charge is -2.26. The number of hydrogen-bond donors (Lipinski definition) is 3. The van der Waals surface area contributed by atoms with Gasteiger partial charge in [0.05, 0.1) is 31.3 Å². The van der Waals surface area contributed by atoms with E-state index < -0.39 is 5.60 Å². The molecule has 2 aromatic rings. The van der Waals surface area contributed by atoms with Gasteiger partial charge in [-0.2, -0.15) is 5.10 Å². The van der Waals surface area contributed by atoms with E-state index in [0.29, 0.717) is 44.8 Å². The molecular formula is C16H22N4O3. The van der Waals surface area contributed by atoms with Crippen LogP contribution in [0.2, 0.25) is 0 Å². The minimum absolute atomic E-state index is 0.0944. The Hall–Kier alpha value is -1.80. The molecule has 0 saturated carbocycles. The van der Waals surface area contributed by atoms with Gasteiger partial charge in [0.25, 0.3) is 5.56 Å². The minimum atomic E-state index is -0.918. The molecule has 1 aromatic carbocycles. The second kappa shape index (κ2) is 7.18. The van der Waals surface area contributed by atoms with Gasteiger partial charge in [0.1, 0.15) is 5.60 Å². The van der Waals surface area contributed by atoms with Gasteiger partial charge >= 0.3 is 0 Å². The van der Waals surface area contributed by atoms with Gasteiger partial charge in [0.2, 0.25) is 0 Å². The summed E-state index contributed by atoms with van der Waals surface area (Å²) in [6, 6.07) is 7.42. The molecule has 0 aliphatic carbocycles. The van der Waals surface area contributed by atoms with Crippen LogP contribution in [0, 0.1) is 0 Å². The van der Waals surface area contributed by atoms with Crippen molar-refractivity contribution in [2.45, 2.75) is 12.1 Å². The zero-order valence-corrected chi connectivity index (χ0v) is 13.0. The molecule has 0 bridgehead atoms. The number of nitrogens with zero attached hydrogens (tertiary/aromatic N) is 2. The molecular weight excluding hydrogens is 296 g/mol. The maximum atomic E-state index is 12.3. The molecule has 3 rings (SSSR count). The highest BCUT2D eigenvalue weighted by atomic mass is 16.5. The van der Waals surface area contributed by atoms with Crippen LogP contribution in [0.15, 0.2) is 35.3 Å². The van der Waals surface area contributed by atoms with Crippen molar-refractivity contribution in [1.82, 2.24) is 20.4 Å². The van der Waals surface area contributed by atoms with Gasteiger partial charge in [0, 0.05) is 31.6 Å². The zero-order chi connectivity index (χ0) is 16.1. The Morgan fingerprint density at radius 3 is 3.22 bits per heavy atom. The first-order chi connectivity index (χ1) is 11.2. The standard InChI is InChI=1S/C16H22N4O3/c21-15-14-4-2-1-3-13(14)9-19-20(15)7-5-17-10-16(22)11-18-6-8-23-12-16/h1-4,9,17-18,22H,5-8,10-12H2/t16-/m0/s1. The van der Waals surface area contributed by atoms with E-state index in [1.807, 2.05) is 18.2 Å². The Bertz CT molecular complexity index is 708. The lowest BCUT2D eigenvalue weighted by molar-refractivity contribution is -0.0262. The summed E-state index contributed by atoms with van der Waals surface area (Å²) in [5.74, 6) is 0. The molecule has 2 heterocycles. The molecule has 0 spiro atoms. The van der Waals surface area contributed by atoms with Gasteiger partial charge in [-0.05, 0) is 6.07 Å². The van der Waals surface area contributed by atoms with Gasteiger partial charge in [-0.1, -0.05) is 18.2 Å². The fourth-order valence-electron chi connectivity index (χ4n) is 2.69. The van der Waals surface area contributed by atoms with Crippen molar-refractivity contribution in [3.05, 3.63) is 40.8 Å². The van der Waals surface area contributed by atoms with Crippen molar-refractivity contribution in [2.75, 3.05) is 39.4 Å². The number of benzene rings is 1. The molecule has 7 nitrogen and oxygen atoms in total. The summed E-state index contributed by atoms with van der Waals surface area (Å²) < 4.78 is 6.82. The van der Waals surface area contributed by atoms with Gasteiger partial charge < -0.3 is 20.5 Å². The van der Waals surface area contributed by atoms with Crippen LogP contribution in [0.4, 0.5) is 0 Å². The molecule has 1 aliphatic heterocycles. The van der Waals surface area contributed by atoms with Crippen molar-refractivity contribution in [2.24, 2.45) is 0 Å². The Morgan fingerprint density at radius 2 is 2.30 bits per heavy atom. The van der Waals surface area contributed by atoms with Gasteiger partial charge in [0.15, 0.2) is 0 Å². The predicted molar refractivity (Wildman–Crippen MR) is 87.5 cm³/mol. The fraction of sp³-hybridized carbons (Fsp3) is 0.500. The Morgan fingerprint density at radius 1 is 1.43 bits per heavy atom. The smallest absolute Gasteiger partial charge is 0.274 e. The third-order valence-corrected chi connectivity index (χ3v) is 3.96. The first-order valence-electron chi connectivity index (χ1n) is 7.84. The lowest BCUT2D eigenvalue weighted by Crippen LogP contribution is -2.50. The number of aromatic nitrogens is 2. The average Bonchev–Trinajstić information content (AvgIpc) is 2.79. The van der Waals surface area contributed by atoms with Crippen LogP contribution in [0.3, 0.4) is 0 Å². The van der Waals surface area contributed by atoms with Crippen molar-refractivity contribution >= 4 is 10.8 Å². The van der Waals surface area contributed by atoms with Crippen LogP contribution in [0.1, 0.15) is 0 Å². The van der Waals surface area contributed by atoms with E-state index in [1.165, 1.54) is 4.68 Å². The molecule has 0 radical (unpaired) electrons. The van der Waals surface area contributed by atoms with Crippen LogP contribution in [0.25, 0.3) is 10.8 Å². The highest BCUT2D eigenvalue weighted by molar-refractivity contribution is 5.80. The van der Waals surface area contributed by atoms with Crippen LogP contribution in [0.5, 0.6) is 0 Å². The summed E-state index contributed by atoms with van der Waals surface area (Å²) in [6.45, 7) is 3.57. The number of fused-ring (bicyclic) bond motifs is 1. The first kappa shape index (κ1) is 16.1. The summed E-state index contributed by atoms with van der Waals surface area (Å²) >= 11 is 0. The number of β-amino-alcohol motifs (C(OH)–C–C–N with tert-alkyl or cyclic N) is 1. The van der Waals surface area contributed by atoms with Crippen molar-refractivity contribution in [3.63, 3.8) is 0 Å². The molecule has 0 unspecified atom stereocenters. The normalized spacial score (nSPS) is 22.1. The molecule has 1 aromatic heterocycles. The monoisotopic (exact) mass is 318 g/mol. The third kappa shape index (κ3) is 3.94. The first-order valence-corrected chi connectivity index (χ1v) is 7.84. The minimum Gasteiger partial charge on any atom is -0.385 e. The quantitative estimate of drug-likeness (QED) is 0.634.